The molecule has 4 N–H and O–H groups in total. The van der Waals surface area contributed by atoms with Gasteiger partial charge >= 0.3 is 0 Å². The summed E-state index contributed by atoms with van der Waals surface area (Å²) in [6.45, 7) is 1.59. The first kappa shape index (κ1) is 10.9. The number of hydrogen-bond donors (Lipinski definition) is 4. The van der Waals surface area contributed by atoms with E-state index >= 15 is 0 Å². The van der Waals surface area contributed by atoms with Crippen molar-refractivity contribution in [2.45, 2.75) is 31.5 Å². The number of likely N-dealkylation sites (N-methyl/N-ethyl adjacent to an activating group) is 1. The molecule has 1 rings (SSSR count). The fourth-order valence-electron chi connectivity index (χ4n) is 1.63. The van der Waals surface area contributed by atoms with Gasteiger partial charge in [0, 0.05) is 5.92 Å². The summed E-state index contributed by atoms with van der Waals surface area (Å²) >= 11 is 0. The molecule has 0 amide bonds. The van der Waals surface area contributed by atoms with Gasteiger partial charge in [-0.15, -0.1) is 0 Å². The zero-order chi connectivity index (χ0) is 10.0. The van der Waals surface area contributed by atoms with Crippen molar-refractivity contribution >= 4 is 0 Å². The molecule has 1 aliphatic heterocycles. The summed E-state index contributed by atoms with van der Waals surface area (Å²) in [6.07, 6.45) is -2.26. The van der Waals surface area contributed by atoms with Gasteiger partial charge in [0.25, 0.3) is 0 Å². The molecule has 0 aromatic rings. The van der Waals surface area contributed by atoms with Crippen molar-refractivity contribution in [1.29, 1.82) is 0 Å². The molecule has 0 saturated carbocycles. The van der Waals surface area contributed by atoms with Crippen LogP contribution in [0.1, 0.15) is 6.92 Å². The Bertz CT molecular complexity index is 166. The maximum absolute atomic E-state index is 9.70. The Hall–Kier alpha value is -0.200. The summed E-state index contributed by atoms with van der Waals surface area (Å²) in [6, 6.07) is -0.488. The van der Waals surface area contributed by atoms with Crippen LogP contribution in [0, 0.1) is 5.92 Å². The molecule has 0 spiro atoms. The Morgan fingerprint density at radius 1 is 1.38 bits per heavy atom. The molecule has 1 fully saturated rings. The lowest BCUT2D eigenvalue weighted by Crippen LogP contribution is -2.59. The molecule has 5 heteroatoms. The van der Waals surface area contributed by atoms with Crippen molar-refractivity contribution in [3.05, 3.63) is 0 Å². The summed E-state index contributed by atoms with van der Waals surface area (Å²) in [4.78, 5) is 0. The van der Waals surface area contributed by atoms with Gasteiger partial charge in [-0.25, -0.2) is 0 Å². The Morgan fingerprint density at radius 2 is 2.00 bits per heavy atom. The molecule has 0 radical (unpaired) electrons. The summed E-state index contributed by atoms with van der Waals surface area (Å²) in [5.41, 5.74) is 0. The van der Waals surface area contributed by atoms with Gasteiger partial charge in [-0.1, -0.05) is 6.92 Å². The monoisotopic (exact) mass is 191 g/mol. The Morgan fingerprint density at radius 3 is 2.46 bits per heavy atom. The molecule has 78 valence electrons. The highest BCUT2D eigenvalue weighted by molar-refractivity contribution is 4.89. The molecule has 0 bridgehead atoms. The Labute approximate surface area is 77.3 Å². The minimum Gasteiger partial charge on any atom is -0.394 e. The molecule has 5 atom stereocenters. The van der Waals surface area contributed by atoms with Gasteiger partial charge in [0.05, 0.1) is 24.9 Å². The minimum atomic E-state index is -1.06. The van der Waals surface area contributed by atoms with E-state index in [4.69, 9.17) is 9.84 Å². The predicted molar refractivity (Wildman–Crippen MR) is 46.0 cm³/mol. The average molecular weight is 191 g/mol. The molecule has 0 aromatic heterocycles. The van der Waals surface area contributed by atoms with Crippen LogP contribution >= 0.6 is 0 Å². The Balaban J connectivity index is 2.66. The number of aliphatic hydroxyl groups excluding tert-OH is 3. The maximum atomic E-state index is 9.70. The molecule has 0 aromatic carbocycles. The van der Waals surface area contributed by atoms with Gasteiger partial charge in [0.1, 0.15) is 0 Å². The molecular formula is C8H17NO4. The molecule has 1 saturated heterocycles. The molecule has 3 unspecified atom stereocenters. The number of aliphatic hydroxyl groups is 3. The molecule has 1 heterocycles. The second-order valence-electron chi connectivity index (χ2n) is 3.41. The van der Waals surface area contributed by atoms with Crippen LogP contribution in [0.4, 0.5) is 0 Å². The quantitative estimate of drug-likeness (QED) is 0.417. The third-order valence-electron chi connectivity index (χ3n) is 2.63. The number of ether oxygens (including phenoxy) is 1. The number of rotatable bonds is 2. The van der Waals surface area contributed by atoms with Crippen LogP contribution in [0.2, 0.25) is 0 Å². The van der Waals surface area contributed by atoms with Crippen LogP contribution < -0.4 is 5.32 Å². The first-order valence-electron chi connectivity index (χ1n) is 4.41. The van der Waals surface area contributed by atoms with Crippen LogP contribution in [-0.4, -0.2) is 53.5 Å². The zero-order valence-electron chi connectivity index (χ0n) is 7.84. The first-order chi connectivity index (χ1) is 6.11. The number of hydrogen-bond acceptors (Lipinski definition) is 5. The van der Waals surface area contributed by atoms with Crippen LogP contribution in [-0.2, 0) is 4.74 Å². The lowest BCUT2D eigenvalue weighted by Gasteiger charge is -2.40. The second-order valence-corrected chi connectivity index (χ2v) is 3.41. The average Bonchev–Trinajstić information content (AvgIpc) is 2.12. The fraction of sp³-hybridized carbons (Fsp3) is 1.00. The van der Waals surface area contributed by atoms with Crippen LogP contribution in [0.3, 0.4) is 0 Å². The van der Waals surface area contributed by atoms with E-state index in [2.05, 4.69) is 5.32 Å². The van der Waals surface area contributed by atoms with Gasteiger partial charge in [0.2, 0.25) is 0 Å². The second kappa shape index (κ2) is 4.34. The standard InChI is InChI=1S/C8H17NO4/c1-4-5(3-10)13-8(12)6(9-2)7(4)11/h4-12H,3H2,1-2H3/t4-,5?,6?,7-,8?/m0/s1. The smallest absolute Gasteiger partial charge is 0.172 e. The largest absolute Gasteiger partial charge is 0.394 e. The summed E-state index contributed by atoms with van der Waals surface area (Å²) in [7, 11) is 1.65. The van der Waals surface area contributed by atoms with E-state index in [-0.39, 0.29) is 12.5 Å². The third-order valence-corrected chi connectivity index (χ3v) is 2.63. The topological polar surface area (TPSA) is 82.0 Å². The molecule has 0 aliphatic carbocycles. The lowest BCUT2D eigenvalue weighted by molar-refractivity contribution is -0.234. The van der Waals surface area contributed by atoms with E-state index in [0.29, 0.717) is 0 Å². The Kier molecular flexibility index (Phi) is 3.63. The van der Waals surface area contributed by atoms with Crippen molar-refractivity contribution < 1.29 is 20.1 Å². The van der Waals surface area contributed by atoms with Crippen molar-refractivity contribution in [3.63, 3.8) is 0 Å². The predicted octanol–water partition coefficient (Wildman–Crippen LogP) is -1.72. The van der Waals surface area contributed by atoms with Crippen LogP contribution in [0.15, 0.2) is 0 Å². The summed E-state index contributed by atoms with van der Waals surface area (Å²) < 4.78 is 5.10. The molecular weight excluding hydrogens is 174 g/mol. The molecule has 1 aliphatic rings. The summed E-state index contributed by atoms with van der Waals surface area (Å²) in [5, 5.41) is 30.8. The van der Waals surface area contributed by atoms with Gasteiger partial charge in [0.15, 0.2) is 6.29 Å². The minimum absolute atomic E-state index is 0.189. The SMILES string of the molecule is CNC1C(O)OC(CO)[C@H](C)[C@@H]1O. The van der Waals surface area contributed by atoms with E-state index in [1.54, 1.807) is 14.0 Å². The van der Waals surface area contributed by atoms with E-state index < -0.39 is 24.5 Å². The van der Waals surface area contributed by atoms with Crippen LogP contribution in [0.25, 0.3) is 0 Å². The van der Waals surface area contributed by atoms with E-state index in [1.165, 1.54) is 0 Å². The normalized spacial score (nSPS) is 46.4. The van der Waals surface area contributed by atoms with Crippen molar-refractivity contribution in [3.8, 4) is 0 Å². The number of nitrogens with one attached hydrogen (secondary N) is 1. The van der Waals surface area contributed by atoms with E-state index in [9.17, 15) is 10.2 Å². The lowest BCUT2D eigenvalue weighted by atomic mass is 9.89. The summed E-state index contributed by atoms with van der Waals surface area (Å²) in [5.74, 6) is -0.189. The van der Waals surface area contributed by atoms with Gasteiger partial charge < -0.3 is 25.4 Å². The van der Waals surface area contributed by atoms with Gasteiger partial charge in [-0.05, 0) is 7.05 Å². The highest BCUT2D eigenvalue weighted by atomic mass is 16.6. The highest BCUT2D eigenvalue weighted by Gasteiger charge is 2.40. The first-order valence-corrected chi connectivity index (χ1v) is 4.41. The van der Waals surface area contributed by atoms with Crippen molar-refractivity contribution in [2.24, 2.45) is 5.92 Å². The van der Waals surface area contributed by atoms with E-state index in [1.807, 2.05) is 0 Å². The molecule has 13 heavy (non-hydrogen) atoms. The van der Waals surface area contributed by atoms with Gasteiger partial charge in [-0.2, -0.15) is 0 Å². The van der Waals surface area contributed by atoms with E-state index in [0.717, 1.165) is 0 Å². The maximum Gasteiger partial charge on any atom is 0.172 e. The fourth-order valence-corrected chi connectivity index (χ4v) is 1.63. The van der Waals surface area contributed by atoms with Crippen LogP contribution in [0.5, 0.6) is 0 Å². The third kappa shape index (κ3) is 2.00. The van der Waals surface area contributed by atoms with Crippen molar-refractivity contribution in [2.75, 3.05) is 13.7 Å². The molecule has 5 nitrogen and oxygen atoms in total. The van der Waals surface area contributed by atoms with Crippen molar-refractivity contribution in [1.82, 2.24) is 5.32 Å². The highest BCUT2D eigenvalue weighted by Crippen LogP contribution is 2.24. The van der Waals surface area contributed by atoms with Gasteiger partial charge in [-0.3, -0.25) is 0 Å². The zero-order valence-corrected chi connectivity index (χ0v) is 7.84.